The van der Waals surface area contributed by atoms with Gasteiger partial charge in [0.1, 0.15) is 17.6 Å². The van der Waals surface area contributed by atoms with E-state index in [2.05, 4.69) is 197 Å². The molecule has 6 heteroatoms. The van der Waals surface area contributed by atoms with Crippen LogP contribution in [0.5, 0.6) is 0 Å². The number of para-hydroxylation sites is 2. The van der Waals surface area contributed by atoms with Crippen LogP contribution < -0.4 is 10.6 Å². The van der Waals surface area contributed by atoms with E-state index in [1.165, 1.54) is 43.8 Å². The number of hydrogen-bond donors (Lipinski definition) is 2. The van der Waals surface area contributed by atoms with Gasteiger partial charge in [0.05, 0.1) is 16.6 Å². The third kappa shape index (κ3) is 5.60. The lowest BCUT2D eigenvalue weighted by Crippen LogP contribution is -2.33. The molecule has 2 aromatic heterocycles. The largest absolute Gasteiger partial charge is 0.387 e. The minimum absolute atomic E-state index is 0.316. The lowest BCUT2D eigenvalue weighted by atomic mass is 9.93. The minimum Gasteiger partial charge on any atom is -0.387 e. The second kappa shape index (κ2) is 13.4. The zero-order valence-electron chi connectivity index (χ0n) is 32.0. The minimum atomic E-state index is -0.316. The summed E-state index contributed by atoms with van der Waals surface area (Å²) in [5.41, 5.74) is 14.5. The monoisotopic (exact) mass is 756 g/mol. The molecule has 2 N–H and O–H groups in total. The molecule has 0 amide bonds. The summed E-state index contributed by atoms with van der Waals surface area (Å²) < 4.78 is 2.31. The molecule has 278 valence electrons. The van der Waals surface area contributed by atoms with Crippen molar-refractivity contribution < 1.29 is 0 Å². The number of amidine groups is 2. The lowest BCUT2D eigenvalue weighted by molar-refractivity contribution is 0.675. The summed E-state index contributed by atoms with van der Waals surface area (Å²) >= 11 is 0. The molecule has 59 heavy (non-hydrogen) atoms. The summed E-state index contributed by atoms with van der Waals surface area (Å²) in [6.07, 6.45) is 3.84. The molecule has 0 fully saturated rings. The summed E-state index contributed by atoms with van der Waals surface area (Å²) in [5, 5.41) is 13.0. The lowest BCUT2D eigenvalue weighted by Gasteiger charge is -2.24. The van der Waals surface area contributed by atoms with E-state index in [4.69, 9.17) is 15.0 Å². The predicted octanol–water partition coefficient (Wildman–Crippen LogP) is 11.9. The van der Waals surface area contributed by atoms with E-state index in [-0.39, 0.29) is 6.17 Å². The van der Waals surface area contributed by atoms with Crippen LogP contribution in [0, 0.1) is 0 Å². The fourth-order valence-corrected chi connectivity index (χ4v) is 8.92. The van der Waals surface area contributed by atoms with E-state index >= 15 is 0 Å². The number of nitrogens with one attached hydrogen (secondary N) is 2. The van der Waals surface area contributed by atoms with Crippen molar-refractivity contribution in [1.29, 1.82) is 0 Å². The zero-order valence-corrected chi connectivity index (χ0v) is 32.0. The number of aliphatic imine (C=N–C) groups is 2. The maximum Gasteiger partial charge on any atom is 0.159 e. The highest BCUT2D eigenvalue weighted by atomic mass is 15.2. The van der Waals surface area contributed by atoms with Gasteiger partial charge < -0.3 is 10.6 Å². The van der Waals surface area contributed by atoms with Crippen LogP contribution in [0.25, 0.3) is 77.5 Å². The van der Waals surface area contributed by atoms with Gasteiger partial charge in [-0.25, -0.2) is 15.0 Å². The first-order valence-corrected chi connectivity index (χ1v) is 20.1. The van der Waals surface area contributed by atoms with Gasteiger partial charge in [0.2, 0.25) is 0 Å². The molecule has 0 aliphatic carbocycles. The Hall–Kier alpha value is -7.83. The Morgan fingerprint density at radius 3 is 2.19 bits per heavy atom. The molecular formula is C53H36N6. The van der Waals surface area contributed by atoms with Crippen LogP contribution in [0.15, 0.2) is 192 Å². The van der Waals surface area contributed by atoms with Gasteiger partial charge >= 0.3 is 0 Å². The second-order valence-electron chi connectivity index (χ2n) is 15.3. The molecule has 2 aliphatic rings. The topological polar surface area (TPSA) is 66.1 Å². The van der Waals surface area contributed by atoms with Gasteiger partial charge in [0.25, 0.3) is 0 Å². The average Bonchev–Trinajstić information content (AvgIpc) is 3.71. The summed E-state index contributed by atoms with van der Waals surface area (Å²) in [5.74, 6) is 1.49. The quantitative estimate of drug-likeness (QED) is 0.172. The molecule has 1 unspecified atom stereocenters. The summed E-state index contributed by atoms with van der Waals surface area (Å²) in [4.78, 5) is 15.5. The second-order valence-corrected chi connectivity index (χ2v) is 15.3. The van der Waals surface area contributed by atoms with Gasteiger partial charge in [-0.1, -0.05) is 152 Å². The standard InChI is InChI=1S/C53H36N6/c1-2-9-39-30-41(25-18-33(39)8-1)52-57-50(56-51(58-52)38-23-19-36(20-24-38)42-13-7-10-35-28-29-54-32-46(35)42)37-21-16-34(17-22-37)40-26-27-44-43-11-3-4-12-45(43)53-55-47-14-5-6-15-48(47)59(53)49(44)31-40/h1-31,52,54H,32H2,(H,56,57,58). The van der Waals surface area contributed by atoms with Crippen LogP contribution in [-0.4, -0.2) is 21.1 Å². The van der Waals surface area contributed by atoms with Crippen LogP contribution in [0.2, 0.25) is 0 Å². The summed E-state index contributed by atoms with van der Waals surface area (Å²) in [6.45, 7) is 0.813. The number of imidazole rings is 1. The first-order valence-electron chi connectivity index (χ1n) is 20.1. The van der Waals surface area contributed by atoms with E-state index in [1.54, 1.807) is 0 Å². The van der Waals surface area contributed by atoms with Gasteiger partial charge in [-0.15, -0.1) is 0 Å². The molecule has 1 atom stereocenters. The first-order chi connectivity index (χ1) is 29.2. The fraction of sp³-hybridized carbons (Fsp3) is 0.0377. The molecule has 10 aromatic rings. The molecule has 6 nitrogen and oxygen atoms in total. The van der Waals surface area contributed by atoms with E-state index in [9.17, 15) is 0 Å². The number of benzene rings is 8. The average molecular weight is 757 g/mol. The normalized spacial score (nSPS) is 14.9. The molecule has 12 rings (SSSR count). The molecule has 0 saturated heterocycles. The van der Waals surface area contributed by atoms with Gasteiger partial charge in [-0.05, 0) is 91.6 Å². The van der Waals surface area contributed by atoms with Crippen LogP contribution in [0.1, 0.15) is 34.0 Å². The summed E-state index contributed by atoms with van der Waals surface area (Å²) in [6, 6.07) is 62.7. The van der Waals surface area contributed by atoms with Gasteiger partial charge in [-0.2, -0.15) is 0 Å². The Morgan fingerprint density at radius 1 is 0.542 bits per heavy atom. The molecule has 8 aromatic carbocycles. The molecular weight excluding hydrogens is 721 g/mol. The highest BCUT2D eigenvalue weighted by molar-refractivity contribution is 6.15. The van der Waals surface area contributed by atoms with Crippen molar-refractivity contribution in [3.63, 3.8) is 0 Å². The maximum atomic E-state index is 5.24. The summed E-state index contributed by atoms with van der Waals surface area (Å²) in [7, 11) is 0. The van der Waals surface area contributed by atoms with Crippen molar-refractivity contribution in [2.75, 3.05) is 0 Å². The van der Waals surface area contributed by atoms with Gasteiger partial charge in [-0.3, -0.25) is 4.40 Å². The number of nitrogens with zero attached hydrogens (tertiary/aromatic N) is 4. The van der Waals surface area contributed by atoms with Crippen LogP contribution in [0.3, 0.4) is 0 Å². The molecule has 0 saturated carbocycles. The molecule has 4 heterocycles. The van der Waals surface area contributed by atoms with Crippen molar-refractivity contribution in [3.8, 4) is 22.3 Å². The molecule has 0 bridgehead atoms. The third-order valence-corrected chi connectivity index (χ3v) is 11.9. The van der Waals surface area contributed by atoms with Crippen molar-refractivity contribution in [3.05, 3.63) is 210 Å². The Balaban J connectivity index is 0.935. The smallest absolute Gasteiger partial charge is 0.159 e. The first kappa shape index (κ1) is 33.3. The van der Waals surface area contributed by atoms with Gasteiger partial charge in [0.15, 0.2) is 5.84 Å². The zero-order chi connectivity index (χ0) is 38.9. The van der Waals surface area contributed by atoms with Crippen molar-refractivity contribution >= 4 is 66.9 Å². The van der Waals surface area contributed by atoms with Crippen LogP contribution >= 0.6 is 0 Å². The third-order valence-electron chi connectivity index (χ3n) is 11.9. The van der Waals surface area contributed by atoms with E-state index < -0.39 is 0 Å². The Bertz CT molecular complexity index is 3410. The van der Waals surface area contributed by atoms with Crippen molar-refractivity contribution in [2.45, 2.75) is 12.7 Å². The highest BCUT2D eigenvalue weighted by Gasteiger charge is 2.22. The molecule has 0 radical (unpaired) electrons. The van der Waals surface area contributed by atoms with Gasteiger partial charge in [0, 0.05) is 28.4 Å². The molecule has 0 spiro atoms. The Morgan fingerprint density at radius 2 is 1.29 bits per heavy atom. The predicted molar refractivity (Wildman–Crippen MR) is 244 cm³/mol. The van der Waals surface area contributed by atoms with E-state index in [0.29, 0.717) is 5.84 Å². The highest BCUT2D eigenvalue weighted by Crippen LogP contribution is 2.35. The number of rotatable bonds is 5. The molecule has 2 aliphatic heterocycles. The van der Waals surface area contributed by atoms with E-state index in [0.717, 1.165) is 67.8 Å². The van der Waals surface area contributed by atoms with Crippen molar-refractivity contribution in [2.24, 2.45) is 9.98 Å². The van der Waals surface area contributed by atoms with Crippen LogP contribution in [0.4, 0.5) is 0 Å². The number of pyridine rings is 1. The van der Waals surface area contributed by atoms with E-state index in [1.807, 2.05) is 6.20 Å². The Kier molecular flexibility index (Phi) is 7.56. The SMILES string of the molecule is C1=Cc2cccc(-c3ccc(C4=NC(c5ccc(-c6ccc7c8ccccc8c8nc9ccccc9n8c7c6)cc5)=NC(c5ccc6ccccc6c5)N4)cc3)c2CN1. The fourth-order valence-electron chi connectivity index (χ4n) is 8.92. The number of aromatic nitrogens is 2. The maximum absolute atomic E-state index is 5.24. The van der Waals surface area contributed by atoms with Crippen LogP contribution in [-0.2, 0) is 6.54 Å². The number of fused-ring (bicyclic) bond motifs is 10. The Labute approximate surface area is 340 Å². The number of hydrogen-bond acceptors (Lipinski definition) is 5. The van der Waals surface area contributed by atoms with Crippen molar-refractivity contribution in [1.82, 2.24) is 20.0 Å².